The summed E-state index contributed by atoms with van der Waals surface area (Å²) in [5.74, 6) is -0.123. The maximum atomic E-state index is 11.8. The number of H-pyrrole nitrogens is 2. The third kappa shape index (κ3) is 3.16. The van der Waals surface area contributed by atoms with Crippen LogP contribution in [-0.4, -0.2) is 22.1 Å². The van der Waals surface area contributed by atoms with Crippen molar-refractivity contribution in [3.05, 3.63) is 40.7 Å². The molecule has 1 aromatic carbocycles. The lowest BCUT2D eigenvalue weighted by molar-refractivity contribution is -0.118. The summed E-state index contributed by atoms with van der Waals surface area (Å²) in [7, 11) is 0. The molecule has 1 heterocycles. The van der Waals surface area contributed by atoms with Gasteiger partial charge in [0.05, 0.1) is 11.7 Å². The fraction of sp³-hybridized carbons (Fsp3) is 0.286. The maximum absolute atomic E-state index is 11.8. The first-order valence-corrected chi connectivity index (χ1v) is 6.42. The zero-order chi connectivity index (χ0) is 14.7. The standard InChI is InChI=1S/C14H18N4O2/c1-8(2)13(15)14(20)16-10-5-3-9(4-6-10)11-7-12(19)18-17-11/h3-8,13H,15H2,1-2H3,(H,16,20)(H2,17,18,19)/t13-/m1/s1. The maximum Gasteiger partial charge on any atom is 0.264 e. The summed E-state index contributed by atoms with van der Waals surface area (Å²) in [4.78, 5) is 22.9. The van der Waals surface area contributed by atoms with Crippen LogP contribution < -0.4 is 16.6 Å². The Morgan fingerprint density at radius 1 is 1.20 bits per heavy atom. The third-order valence-electron chi connectivity index (χ3n) is 3.08. The van der Waals surface area contributed by atoms with Gasteiger partial charge in [-0.3, -0.25) is 19.8 Å². The van der Waals surface area contributed by atoms with Gasteiger partial charge in [0, 0.05) is 11.8 Å². The van der Waals surface area contributed by atoms with Gasteiger partial charge in [0.2, 0.25) is 5.91 Å². The van der Waals surface area contributed by atoms with E-state index in [1.54, 1.807) is 12.1 Å². The fourth-order valence-corrected chi connectivity index (χ4v) is 1.75. The summed E-state index contributed by atoms with van der Waals surface area (Å²) in [5, 5.41) is 8.01. The molecule has 6 heteroatoms. The van der Waals surface area contributed by atoms with Crippen molar-refractivity contribution in [3.8, 4) is 11.3 Å². The average Bonchev–Trinajstić information content (AvgIpc) is 2.85. The SMILES string of the molecule is CC(C)[C@@H](N)C(=O)Nc1ccc(-c2cc(=O)[nH][nH]2)cc1. The Morgan fingerprint density at radius 3 is 2.35 bits per heavy atom. The second-order valence-corrected chi connectivity index (χ2v) is 5.01. The number of amides is 1. The Balaban J connectivity index is 2.09. The molecule has 0 aliphatic carbocycles. The van der Waals surface area contributed by atoms with Crippen molar-refractivity contribution in [2.24, 2.45) is 11.7 Å². The molecule has 0 unspecified atom stereocenters. The van der Waals surface area contributed by atoms with E-state index >= 15 is 0 Å². The monoisotopic (exact) mass is 274 g/mol. The van der Waals surface area contributed by atoms with Crippen molar-refractivity contribution in [2.45, 2.75) is 19.9 Å². The highest BCUT2D eigenvalue weighted by molar-refractivity contribution is 5.95. The molecule has 0 aliphatic rings. The van der Waals surface area contributed by atoms with Gasteiger partial charge < -0.3 is 11.1 Å². The van der Waals surface area contributed by atoms with Gasteiger partial charge in [-0.2, -0.15) is 0 Å². The molecule has 20 heavy (non-hydrogen) atoms. The summed E-state index contributed by atoms with van der Waals surface area (Å²) in [6, 6.07) is 8.11. The average molecular weight is 274 g/mol. The number of rotatable bonds is 4. The number of benzene rings is 1. The first-order chi connectivity index (χ1) is 9.47. The second-order valence-electron chi connectivity index (χ2n) is 5.01. The van der Waals surface area contributed by atoms with Gasteiger partial charge in [0.1, 0.15) is 0 Å². The smallest absolute Gasteiger partial charge is 0.264 e. The molecule has 0 saturated heterocycles. The van der Waals surface area contributed by atoms with E-state index in [9.17, 15) is 9.59 Å². The Bertz CT molecular complexity index is 640. The van der Waals surface area contributed by atoms with Crippen LogP contribution in [0.25, 0.3) is 11.3 Å². The number of hydrogen-bond acceptors (Lipinski definition) is 3. The van der Waals surface area contributed by atoms with Gasteiger partial charge in [-0.05, 0) is 23.6 Å². The minimum atomic E-state index is -0.532. The first kappa shape index (κ1) is 14.1. The van der Waals surface area contributed by atoms with Crippen molar-refractivity contribution in [3.63, 3.8) is 0 Å². The molecular formula is C14H18N4O2. The minimum Gasteiger partial charge on any atom is -0.325 e. The van der Waals surface area contributed by atoms with Crippen molar-refractivity contribution in [2.75, 3.05) is 5.32 Å². The van der Waals surface area contributed by atoms with E-state index in [0.717, 1.165) is 5.56 Å². The van der Waals surface area contributed by atoms with Crippen molar-refractivity contribution in [1.29, 1.82) is 0 Å². The third-order valence-corrected chi connectivity index (χ3v) is 3.08. The lowest BCUT2D eigenvalue weighted by Gasteiger charge is -2.15. The summed E-state index contributed by atoms with van der Waals surface area (Å²) in [6.45, 7) is 3.80. The van der Waals surface area contributed by atoms with Crippen molar-refractivity contribution >= 4 is 11.6 Å². The molecule has 5 N–H and O–H groups in total. The van der Waals surface area contributed by atoms with E-state index in [1.165, 1.54) is 6.07 Å². The lowest BCUT2D eigenvalue weighted by Crippen LogP contribution is -2.39. The van der Waals surface area contributed by atoms with Crippen LogP contribution in [0.1, 0.15) is 13.8 Å². The molecule has 0 fully saturated rings. The zero-order valence-electron chi connectivity index (χ0n) is 11.4. The predicted octanol–water partition coefficient (Wildman–Crippen LogP) is 1.29. The molecule has 2 aromatic rings. The molecule has 1 atom stereocenters. The number of carbonyl (C=O) groups is 1. The van der Waals surface area contributed by atoms with E-state index in [4.69, 9.17) is 5.73 Å². The van der Waals surface area contributed by atoms with E-state index < -0.39 is 6.04 Å². The van der Waals surface area contributed by atoms with Crippen LogP contribution in [0.15, 0.2) is 35.1 Å². The van der Waals surface area contributed by atoms with Gasteiger partial charge in [0.15, 0.2) is 0 Å². The first-order valence-electron chi connectivity index (χ1n) is 6.42. The highest BCUT2D eigenvalue weighted by atomic mass is 16.2. The van der Waals surface area contributed by atoms with Crippen LogP contribution in [0.4, 0.5) is 5.69 Å². The van der Waals surface area contributed by atoms with Gasteiger partial charge in [0.25, 0.3) is 5.56 Å². The van der Waals surface area contributed by atoms with Crippen LogP contribution in [0, 0.1) is 5.92 Å². The number of hydrogen-bond donors (Lipinski definition) is 4. The quantitative estimate of drug-likeness (QED) is 0.675. The minimum absolute atomic E-state index is 0.0826. The lowest BCUT2D eigenvalue weighted by atomic mass is 10.0. The summed E-state index contributed by atoms with van der Waals surface area (Å²) < 4.78 is 0. The molecule has 0 saturated carbocycles. The van der Waals surface area contributed by atoms with Crippen molar-refractivity contribution in [1.82, 2.24) is 10.2 Å². The Hall–Kier alpha value is -2.34. The van der Waals surface area contributed by atoms with Crippen molar-refractivity contribution < 1.29 is 4.79 Å². The van der Waals surface area contributed by atoms with Crippen LogP contribution in [0.2, 0.25) is 0 Å². The Kier molecular flexibility index (Phi) is 4.05. The number of anilines is 1. The number of aromatic amines is 2. The molecule has 2 rings (SSSR count). The van der Waals surface area contributed by atoms with Gasteiger partial charge >= 0.3 is 0 Å². The van der Waals surface area contributed by atoms with E-state index in [2.05, 4.69) is 15.5 Å². The molecule has 106 valence electrons. The molecular weight excluding hydrogens is 256 g/mol. The van der Waals surface area contributed by atoms with E-state index in [0.29, 0.717) is 11.4 Å². The Morgan fingerprint density at radius 2 is 1.85 bits per heavy atom. The van der Waals surface area contributed by atoms with E-state index in [-0.39, 0.29) is 17.4 Å². The predicted molar refractivity (Wildman–Crippen MR) is 78.3 cm³/mol. The molecule has 0 aliphatic heterocycles. The number of nitrogens with one attached hydrogen (secondary N) is 3. The van der Waals surface area contributed by atoms with Gasteiger partial charge in [-0.15, -0.1) is 0 Å². The zero-order valence-corrected chi connectivity index (χ0v) is 11.4. The largest absolute Gasteiger partial charge is 0.325 e. The molecule has 1 aromatic heterocycles. The van der Waals surface area contributed by atoms with E-state index in [1.807, 2.05) is 26.0 Å². The summed E-state index contributed by atoms with van der Waals surface area (Å²) >= 11 is 0. The second kappa shape index (κ2) is 5.75. The van der Waals surface area contributed by atoms with Crippen LogP contribution in [0.3, 0.4) is 0 Å². The molecule has 0 spiro atoms. The topological polar surface area (TPSA) is 104 Å². The number of carbonyl (C=O) groups excluding carboxylic acids is 1. The molecule has 0 bridgehead atoms. The molecule has 6 nitrogen and oxygen atoms in total. The van der Waals surface area contributed by atoms with Crippen LogP contribution in [-0.2, 0) is 4.79 Å². The van der Waals surface area contributed by atoms with Crippen LogP contribution >= 0.6 is 0 Å². The summed E-state index contributed by atoms with van der Waals surface area (Å²) in [6.07, 6.45) is 0. The fourth-order valence-electron chi connectivity index (χ4n) is 1.75. The van der Waals surface area contributed by atoms with Crippen LogP contribution in [0.5, 0.6) is 0 Å². The van der Waals surface area contributed by atoms with Gasteiger partial charge in [-0.25, -0.2) is 0 Å². The number of aromatic nitrogens is 2. The number of nitrogens with two attached hydrogens (primary N) is 1. The molecule has 1 amide bonds. The van der Waals surface area contributed by atoms with Gasteiger partial charge in [-0.1, -0.05) is 26.0 Å². The Labute approximate surface area is 116 Å². The summed E-state index contributed by atoms with van der Waals surface area (Å²) in [5.41, 5.74) is 7.83. The normalized spacial score (nSPS) is 12.4. The molecule has 0 radical (unpaired) electrons. The highest BCUT2D eigenvalue weighted by Crippen LogP contribution is 2.18. The highest BCUT2D eigenvalue weighted by Gasteiger charge is 2.17.